The van der Waals surface area contributed by atoms with Crippen molar-refractivity contribution in [3.63, 3.8) is 0 Å². The van der Waals surface area contributed by atoms with Gasteiger partial charge in [-0.3, -0.25) is 14.4 Å². The smallest absolute Gasteiger partial charge is 0.262 e. The van der Waals surface area contributed by atoms with E-state index < -0.39 is 6.10 Å². The zero-order chi connectivity index (χ0) is 19.6. The predicted octanol–water partition coefficient (Wildman–Crippen LogP) is 2.45. The van der Waals surface area contributed by atoms with Crippen molar-refractivity contribution in [2.75, 3.05) is 6.67 Å². The number of amides is 2. The van der Waals surface area contributed by atoms with Crippen LogP contribution in [0.4, 0.5) is 0 Å². The maximum absolute atomic E-state index is 12.4. The van der Waals surface area contributed by atoms with E-state index in [2.05, 4.69) is 17.2 Å². The molecule has 6 heteroatoms. The third-order valence-corrected chi connectivity index (χ3v) is 3.80. The lowest BCUT2D eigenvalue weighted by Crippen LogP contribution is -2.43. The molecule has 0 heterocycles. The zero-order valence-electron chi connectivity index (χ0n) is 15.1. The fraction of sp³-hybridized carbons (Fsp3) is 0.190. The van der Waals surface area contributed by atoms with E-state index >= 15 is 0 Å². The van der Waals surface area contributed by atoms with Crippen molar-refractivity contribution in [1.29, 1.82) is 0 Å². The molecular weight excluding hydrogens is 344 g/mol. The normalized spacial score (nSPS) is 11.1. The van der Waals surface area contributed by atoms with E-state index in [1.807, 2.05) is 25.1 Å². The summed E-state index contributed by atoms with van der Waals surface area (Å²) in [5.74, 6) is -0.309. The van der Waals surface area contributed by atoms with Crippen molar-refractivity contribution < 1.29 is 19.1 Å². The number of hydrogen-bond acceptors (Lipinski definition) is 4. The van der Waals surface area contributed by atoms with Crippen molar-refractivity contribution in [3.05, 3.63) is 78.4 Å². The minimum atomic E-state index is -0.707. The van der Waals surface area contributed by atoms with E-state index in [1.165, 1.54) is 0 Å². The van der Waals surface area contributed by atoms with Gasteiger partial charge >= 0.3 is 0 Å². The van der Waals surface area contributed by atoms with Gasteiger partial charge < -0.3 is 15.4 Å². The molecule has 0 aliphatic heterocycles. The minimum Gasteiger partial charge on any atom is -0.481 e. The van der Waals surface area contributed by atoms with Crippen LogP contribution < -0.4 is 15.4 Å². The molecule has 1 unspecified atom stereocenters. The van der Waals surface area contributed by atoms with Crippen LogP contribution in [0.5, 0.6) is 5.75 Å². The quantitative estimate of drug-likeness (QED) is 0.406. The summed E-state index contributed by atoms with van der Waals surface area (Å²) in [5, 5.41) is 5.03. The summed E-state index contributed by atoms with van der Waals surface area (Å²) >= 11 is 0. The molecule has 0 spiro atoms. The Kier molecular flexibility index (Phi) is 7.31. The third kappa shape index (κ3) is 5.81. The average Bonchev–Trinajstić information content (AvgIpc) is 2.72. The first-order valence-corrected chi connectivity index (χ1v) is 8.59. The van der Waals surface area contributed by atoms with Crippen molar-refractivity contribution in [2.24, 2.45) is 0 Å². The number of hydrogen-bond donors (Lipinski definition) is 2. The Morgan fingerprint density at radius 1 is 1.00 bits per heavy atom. The number of rotatable bonds is 9. The number of benzene rings is 2. The van der Waals surface area contributed by atoms with Crippen LogP contribution in [0.15, 0.2) is 67.3 Å². The van der Waals surface area contributed by atoms with E-state index in [4.69, 9.17) is 4.74 Å². The number of ether oxygens (including phenoxy) is 1. The fourth-order valence-electron chi connectivity index (χ4n) is 2.33. The second kappa shape index (κ2) is 9.91. The lowest BCUT2D eigenvalue weighted by Gasteiger charge is -2.17. The molecule has 0 radical (unpaired) electrons. The van der Waals surface area contributed by atoms with Gasteiger partial charge in [-0.15, -0.1) is 0 Å². The van der Waals surface area contributed by atoms with E-state index in [9.17, 15) is 14.4 Å². The highest BCUT2D eigenvalue weighted by atomic mass is 16.5. The molecule has 0 bridgehead atoms. The molecule has 0 aliphatic carbocycles. The largest absolute Gasteiger partial charge is 0.481 e. The van der Waals surface area contributed by atoms with Gasteiger partial charge in [0, 0.05) is 11.1 Å². The van der Waals surface area contributed by atoms with Crippen LogP contribution in [0.25, 0.3) is 0 Å². The van der Waals surface area contributed by atoms with Crippen molar-refractivity contribution >= 4 is 17.6 Å². The molecule has 2 rings (SSSR count). The molecule has 140 valence electrons. The van der Waals surface area contributed by atoms with Gasteiger partial charge in [-0.25, -0.2) is 0 Å². The zero-order valence-corrected chi connectivity index (χ0v) is 15.1. The van der Waals surface area contributed by atoms with Gasteiger partial charge in [0.05, 0.1) is 6.67 Å². The van der Waals surface area contributed by atoms with E-state index in [0.717, 1.165) is 6.08 Å². The maximum Gasteiger partial charge on any atom is 0.262 e. The SMILES string of the molecule is C=CC(=O)NCNC(=O)C(CC)Oc1ccc(C(=O)c2ccccc2)cc1. The highest BCUT2D eigenvalue weighted by Gasteiger charge is 2.18. The van der Waals surface area contributed by atoms with Crippen molar-refractivity contribution in [3.8, 4) is 5.75 Å². The monoisotopic (exact) mass is 366 g/mol. The van der Waals surface area contributed by atoms with Crippen LogP contribution >= 0.6 is 0 Å². The van der Waals surface area contributed by atoms with Gasteiger partial charge in [0.1, 0.15) is 5.75 Å². The first-order valence-electron chi connectivity index (χ1n) is 8.59. The molecule has 2 aromatic carbocycles. The van der Waals surface area contributed by atoms with Crippen LogP contribution in [0.3, 0.4) is 0 Å². The molecule has 0 aromatic heterocycles. The summed E-state index contributed by atoms with van der Waals surface area (Å²) in [6.07, 6.45) is 0.866. The molecule has 0 fully saturated rings. The van der Waals surface area contributed by atoms with Crippen LogP contribution in [-0.2, 0) is 9.59 Å². The molecule has 27 heavy (non-hydrogen) atoms. The first kappa shape index (κ1) is 19.9. The molecule has 0 saturated heterocycles. The van der Waals surface area contributed by atoms with Crippen LogP contribution in [0.1, 0.15) is 29.3 Å². The Morgan fingerprint density at radius 3 is 2.22 bits per heavy atom. The molecule has 1 atom stereocenters. The van der Waals surface area contributed by atoms with Gasteiger partial charge in [-0.1, -0.05) is 43.8 Å². The topological polar surface area (TPSA) is 84.5 Å². The summed E-state index contributed by atoms with van der Waals surface area (Å²) in [6.45, 7) is 5.14. The summed E-state index contributed by atoms with van der Waals surface area (Å²) in [4.78, 5) is 35.6. The van der Waals surface area contributed by atoms with Gasteiger partial charge in [-0.2, -0.15) is 0 Å². The Bertz CT molecular complexity index is 801. The van der Waals surface area contributed by atoms with Gasteiger partial charge in [-0.05, 0) is 36.8 Å². The number of carbonyl (C=O) groups is 3. The van der Waals surface area contributed by atoms with E-state index in [0.29, 0.717) is 23.3 Å². The Labute approximate surface area is 158 Å². The summed E-state index contributed by atoms with van der Waals surface area (Å²) < 4.78 is 5.69. The van der Waals surface area contributed by atoms with Gasteiger partial charge in [0.25, 0.3) is 5.91 Å². The Hall–Kier alpha value is -3.41. The third-order valence-electron chi connectivity index (χ3n) is 3.80. The van der Waals surface area contributed by atoms with E-state index in [-0.39, 0.29) is 24.3 Å². The molecular formula is C21H22N2O4. The van der Waals surface area contributed by atoms with Crippen LogP contribution in [-0.4, -0.2) is 30.4 Å². The second-order valence-electron chi connectivity index (χ2n) is 5.70. The van der Waals surface area contributed by atoms with Crippen molar-refractivity contribution in [2.45, 2.75) is 19.4 Å². The lowest BCUT2D eigenvalue weighted by molar-refractivity contribution is -0.128. The average molecular weight is 366 g/mol. The van der Waals surface area contributed by atoms with E-state index in [1.54, 1.807) is 36.4 Å². The number of carbonyl (C=O) groups excluding carboxylic acids is 3. The van der Waals surface area contributed by atoms with Gasteiger partial charge in [0.2, 0.25) is 5.91 Å². The van der Waals surface area contributed by atoms with Crippen LogP contribution in [0, 0.1) is 0 Å². The Morgan fingerprint density at radius 2 is 1.63 bits per heavy atom. The number of ketones is 1. The van der Waals surface area contributed by atoms with Crippen molar-refractivity contribution in [1.82, 2.24) is 10.6 Å². The second-order valence-corrected chi connectivity index (χ2v) is 5.70. The molecule has 2 N–H and O–H groups in total. The molecule has 0 aliphatic rings. The summed E-state index contributed by atoms with van der Waals surface area (Å²) in [7, 11) is 0. The fourth-order valence-corrected chi connectivity index (χ4v) is 2.33. The lowest BCUT2D eigenvalue weighted by atomic mass is 10.0. The molecule has 0 saturated carbocycles. The van der Waals surface area contributed by atoms with Crippen LogP contribution in [0.2, 0.25) is 0 Å². The minimum absolute atomic E-state index is 0.00589. The standard InChI is InChI=1S/C21H22N2O4/c1-3-18(21(26)23-14-22-19(24)4-2)27-17-12-10-16(11-13-17)20(25)15-8-6-5-7-9-15/h4-13,18H,2-3,14H2,1H3,(H,22,24)(H,23,26). The van der Waals surface area contributed by atoms with Gasteiger partial charge in [0.15, 0.2) is 11.9 Å². The molecule has 6 nitrogen and oxygen atoms in total. The first-order chi connectivity index (χ1) is 13.0. The Balaban J connectivity index is 1.95. The summed E-state index contributed by atoms with van der Waals surface area (Å²) in [5.41, 5.74) is 1.15. The molecule has 2 aromatic rings. The highest BCUT2D eigenvalue weighted by Crippen LogP contribution is 2.17. The number of nitrogens with one attached hydrogen (secondary N) is 2. The summed E-state index contributed by atoms with van der Waals surface area (Å²) in [6, 6.07) is 15.6. The highest BCUT2D eigenvalue weighted by molar-refractivity contribution is 6.09. The predicted molar refractivity (Wildman–Crippen MR) is 102 cm³/mol. The maximum atomic E-state index is 12.4. The molecule has 2 amide bonds.